The molecule has 15 heteroatoms. The molecule has 0 saturated heterocycles. The van der Waals surface area contributed by atoms with Crippen LogP contribution in [0.4, 0.5) is 31.1 Å². The first-order valence-electron chi connectivity index (χ1n) is 10.8. The Morgan fingerprint density at radius 2 is 1.89 bits per heavy atom. The van der Waals surface area contributed by atoms with Crippen LogP contribution < -0.4 is 10.1 Å². The number of alkyl halides is 6. The van der Waals surface area contributed by atoms with Crippen molar-refractivity contribution >= 4 is 11.7 Å². The second kappa shape index (κ2) is 10.5. The van der Waals surface area contributed by atoms with E-state index < -0.39 is 43.3 Å². The molecule has 0 aliphatic carbocycles. The number of hydrogen-bond acceptors (Lipinski definition) is 6. The number of fused-ring (bicyclic) bond motifs is 1. The van der Waals surface area contributed by atoms with E-state index in [1.165, 1.54) is 33.2 Å². The number of ether oxygens (including phenoxy) is 1. The molecule has 1 N–H and O–H groups in total. The molecule has 2 amide bonds. The Hall–Kier alpha value is -3.65. The Labute approximate surface area is 201 Å². The highest BCUT2D eigenvalue weighted by molar-refractivity contribution is 5.75. The number of urea groups is 1. The molecule has 2 atom stereocenters. The van der Waals surface area contributed by atoms with Crippen LogP contribution in [0.5, 0.6) is 5.88 Å². The molecule has 3 aromatic heterocycles. The predicted molar refractivity (Wildman–Crippen MR) is 115 cm³/mol. The third-order valence-corrected chi connectivity index (χ3v) is 5.35. The van der Waals surface area contributed by atoms with Crippen LogP contribution in [0, 0.1) is 0 Å². The standard InChI is InChI=1S/C21H23F6N7O2/c1-4-34(19(35)32-15(21(25,26)27)5-7-20(22,23)24)12(2)13-6-8-28-16(30-13)14-11-33-10-9-29-17(33)18(31-14)36-3/h6,8-12,15H,4-5,7H2,1-3H3,(H,32,35). The van der Waals surface area contributed by atoms with Crippen molar-refractivity contribution in [3.05, 3.63) is 36.5 Å². The van der Waals surface area contributed by atoms with Crippen LogP contribution in [-0.4, -0.2) is 67.3 Å². The molecular weight excluding hydrogens is 496 g/mol. The molecule has 3 rings (SSSR count). The maximum absolute atomic E-state index is 13.3. The van der Waals surface area contributed by atoms with Crippen molar-refractivity contribution in [3.8, 4) is 17.4 Å². The SMILES string of the molecule is CCN(C(=O)NC(CCC(F)(F)F)C(F)(F)F)C(C)c1ccnc(-c2cn3ccnc3c(OC)n2)n1. The maximum atomic E-state index is 13.3. The van der Waals surface area contributed by atoms with Gasteiger partial charge in [-0.1, -0.05) is 0 Å². The van der Waals surface area contributed by atoms with E-state index in [9.17, 15) is 31.1 Å². The lowest BCUT2D eigenvalue weighted by Gasteiger charge is -2.31. The van der Waals surface area contributed by atoms with Gasteiger partial charge in [-0.3, -0.25) is 0 Å². The fourth-order valence-electron chi connectivity index (χ4n) is 3.49. The van der Waals surface area contributed by atoms with Gasteiger partial charge in [0.25, 0.3) is 5.88 Å². The minimum Gasteiger partial charge on any atom is -0.478 e. The number of aromatic nitrogens is 5. The van der Waals surface area contributed by atoms with E-state index in [0.717, 1.165) is 4.90 Å². The van der Waals surface area contributed by atoms with Crippen molar-refractivity contribution < 1.29 is 35.9 Å². The summed E-state index contributed by atoms with van der Waals surface area (Å²) in [6.45, 7) is 3.01. The summed E-state index contributed by atoms with van der Waals surface area (Å²) in [4.78, 5) is 30.8. The van der Waals surface area contributed by atoms with Gasteiger partial charge in [0.05, 0.1) is 18.8 Å². The second-order valence-electron chi connectivity index (χ2n) is 7.76. The third-order valence-electron chi connectivity index (χ3n) is 5.35. The van der Waals surface area contributed by atoms with Crippen molar-refractivity contribution in [2.75, 3.05) is 13.7 Å². The molecule has 0 radical (unpaired) electrons. The van der Waals surface area contributed by atoms with Gasteiger partial charge in [-0.25, -0.2) is 24.7 Å². The minimum absolute atomic E-state index is 0.0384. The number of imidazole rings is 1. The van der Waals surface area contributed by atoms with Gasteiger partial charge in [0, 0.05) is 37.8 Å². The predicted octanol–water partition coefficient (Wildman–Crippen LogP) is 4.56. The minimum atomic E-state index is -5.05. The normalized spacial score (nSPS) is 13.9. The smallest absolute Gasteiger partial charge is 0.408 e. The molecule has 0 fully saturated rings. The molecule has 0 aliphatic heterocycles. The van der Waals surface area contributed by atoms with Crippen molar-refractivity contribution in [1.82, 2.24) is 34.6 Å². The van der Waals surface area contributed by atoms with E-state index in [4.69, 9.17) is 4.74 Å². The van der Waals surface area contributed by atoms with Crippen molar-refractivity contribution in [2.45, 2.75) is 51.1 Å². The van der Waals surface area contributed by atoms with Gasteiger partial charge < -0.3 is 19.4 Å². The van der Waals surface area contributed by atoms with Crippen LogP contribution in [0.2, 0.25) is 0 Å². The van der Waals surface area contributed by atoms with Gasteiger partial charge in [-0.15, -0.1) is 0 Å². The number of halogens is 6. The maximum Gasteiger partial charge on any atom is 0.408 e. The van der Waals surface area contributed by atoms with E-state index in [1.54, 1.807) is 28.3 Å². The van der Waals surface area contributed by atoms with E-state index >= 15 is 0 Å². The van der Waals surface area contributed by atoms with Gasteiger partial charge >= 0.3 is 18.4 Å². The zero-order chi connectivity index (χ0) is 26.7. The van der Waals surface area contributed by atoms with Crippen LogP contribution in [0.15, 0.2) is 30.9 Å². The quantitative estimate of drug-likeness (QED) is 0.439. The molecule has 2 unspecified atom stereocenters. The van der Waals surface area contributed by atoms with Crippen LogP contribution in [0.3, 0.4) is 0 Å². The third kappa shape index (κ3) is 6.31. The second-order valence-corrected chi connectivity index (χ2v) is 7.76. The van der Waals surface area contributed by atoms with Gasteiger partial charge in [0.15, 0.2) is 11.5 Å². The molecule has 0 aliphatic rings. The number of rotatable bonds is 8. The Kier molecular flexibility index (Phi) is 7.89. The summed E-state index contributed by atoms with van der Waals surface area (Å²) in [5.74, 6) is 0.370. The van der Waals surface area contributed by atoms with Crippen LogP contribution in [0.25, 0.3) is 17.2 Å². The van der Waals surface area contributed by atoms with E-state index in [2.05, 4.69) is 19.9 Å². The molecule has 3 aromatic rings. The molecule has 0 bridgehead atoms. The zero-order valence-electron chi connectivity index (χ0n) is 19.4. The summed E-state index contributed by atoms with van der Waals surface area (Å²) in [5, 5.41) is 1.69. The van der Waals surface area contributed by atoms with Crippen LogP contribution in [-0.2, 0) is 0 Å². The summed E-state index contributed by atoms with van der Waals surface area (Å²) in [5.41, 5.74) is 1.05. The number of amides is 2. The highest BCUT2D eigenvalue weighted by atomic mass is 19.4. The Morgan fingerprint density at radius 3 is 2.50 bits per heavy atom. The summed E-state index contributed by atoms with van der Waals surface area (Å²) in [7, 11) is 1.42. The van der Waals surface area contributed by atoms with Crippen molar-refractivity contribution in [2.24, 2.45) is 0 Å². The van der Waals surface area contributed by atoms with Gasteiger partial charge in [0.2, 0.25) is 0 Å². The fraction of sp³-hybridized carbons (Fsp3) is 0.476. The average Bonchev–Trinajstić information content (AvgIpc) is 3.29. The first-order chi connectivity index (χ1) is 16.8. The number of carbonyl (C=O) groups excluding carboxylic acids is 1. The molecule has 3 heterocycles. The summed E-state index contributed by atoms with van der Waals surface area (Å²) in [6.07, 6.45) is -6.65. The zero-order valence-corrected chi connectivity index (χ0v) is 19.4. The average molecular weight is 519 g/mol. The fourth-order valence-corrected chi connectivity index (χ4v) is 3.49. The highest BCUT2D eigenvalue weighted by Crippen LogP contribution is 2.30. The number of hydrogen-bond donors (Lipinski definition) is 1. The lowest BCUT2D eigenvalue weighted by Crippen LogP contribution is -2.51. The van der Waals surface area contributed by atoms with Gasteiger partial charge in [0.1, 0.15) is 11.7 Å². The Balaban J connectivity index is 1.84. The van der Waals surface area contributed by atoms with Gasteiger partial charge in [-0.2, -0.15) is 26.3 Å². The number of carbonyl (C=O) groups is 1. The topological polar surface area (TPSA) is 97.5 Å². The molecule has 0 spiro atoms. The van der Waals surface area contributed by atoms with Crippen molar-refractivity contribution in [1.29, 1.82) is 0 Å². The van der Waals surface area contributed by atoms with E-state index in [-0.39, 0.29) is 23.9 Å². The Morgan fingerprint density at radius 1 is 1.17 bits per heavy atom. The molecule has 196 valence electrons. The summed E-state index contributed by atoms with van der Waals surface area (Å²) < 4.78 is 84.2. The Bertz CT molecular complexity index is 1200. The van der Waals surface area contributed by atoms with Crippen LogP contribution >= 0.6 is 0 Å². The highest BCUT2D eigenvalue weighted by Gasteiger charge is 2.43. The molecular formula is C21H23F6N7O2. The first kappa shape index (κ1) is 26.9. The summed E-state index contributed by atoms with van der Waals surface area (Å²) in [6, 6.07) is -3.20. The molecule has 0 aromatic carbocycles. The lowest BCUT2D eigenvalue weighted by atomic mass is 10.1. The monoisotopic (exact) mass is 519 g/mol. The van der Waals surface area contributed by atoms with Gasteiger partial charge in [-0.05, 0) is 26.3 Å². The number of nitrogens with zero attached hydrogens (tertiary/aromatic N) is 6. The number of methoxy groups -OCH3 is 1. The number of nitrogens with one attached hydrogen (secondary N) is 1. The summed E-state index contributed by atoms with van der Waals surface area (Å²) >= 11 is 0. The molecule has 36 heavy (non-hydrogen) atoms. The van der Waals surface area contributed by atoms with E-state index in [0.29, 0.717) is 11.3 Å². The molecule has 9 nitrogen and oxygen atoms in total. The van der Waals surface area contributed by atoms with Crippen molar-refractivity contribution in [3.63, 3.8) is 0 Å². The first-order valence-corrected chi connectivity index (χ1v) is 10.8. The largest absolute Gasteiger partial charge is 0.478 e. The molecule has 0 saturated carbocycles. The lowest BCUT2D eigenvalue weighted by molar-refractivity contribution is -0.171. The van der Waals surface area contributed by atoms with E-state index in [1.807, 2.05) is 0 Å². The van der Waals surface area contributed by atoms with Crippen LogP contribution in [0.1, 0.15) is 38.4 Å².